The summed E-state index contributed by atoms with van der Waals surface area (Å²) in [6, 6.07) is 0. The minimum atomic E-state index is -0.0990. The number of epoxide rings is 1. The summed E-state index contributed by atoms with van der Waals surface area (Å²) in [4.78, 5) is 0. The molecule has 0 aromatic carbocycles. The molecule has 10 heavy (non-hydrogen) atoms. The maximum Gasteiger partial charge on any atom is 0.132 e. The van der Waals surface area contributed by atoms with Crippen molar-refractivity contribution in [1.82, 2.24) is 15.0 Å². The second-order valence-electron chi connectivity index (χ2n) is 2.76. The van der Waals surface area contributed by atoms with Crippen molar-refractivity contribution in [1.29, 1.82) is 0 Å². The zero-order valence-electron chi connectivity index (χ0n) is 6.03. The average molecular weight is 139 g/mol. The molecule has 2 heterocycles. The molecule has 1 unspecified atom stereocenters. The zero-order chi connectivity index (χ0) is 7.19. The largest absolute Gasteiger partial charge is 0.363 e. The van der Waals surface area contributed by atoms with Crippen LogP contribution >= 0.6 is 0 Å². The first-order chi connectivity index (χ1) is 4.72. The predicted molar refractivity (Wildman–Crippen MR) is 34.3 cm³/mol. The molecule has 1 saturated heterocycles. The number of hydrogen-bond donors (Lipinski definition) is 0. The van der Waals surface area contributed by atoms with E-state index in [9.17, 15) is 0 Å². The van der Waals surface area contributed by atoms with Gasteiger partial charge in [0.15, 0.2) is 0 Å². The van der Waals surface area contributed by atoms with Gasteiger partial charge >= 0.3 is 0 Å². The summed E-state index contributed by atoms with van der Waals surface area (Å²) in [5.41, 5.74) is 0.950. The number of rotatable bonds is 1. The van der Waals surface area contributed by atoms with Crippen molar-refractivity contribution >= 4 is 0 Å². The molecule has 4 heteroatoms. The van der Waals surface area contributed by atoms with Crippen LogP contribution in [-0.4, -0.2) is 21.6 Å². The Hall–Kier alpha value is -0.900. The number of nitrogens with zero attached hydrogens (tertiary/aromatic N) is 3. The highest BCUT2D eigenvalue weighted by molar-refractivity contribution is 5.12. The molecule has 0 N–H and O–H groups in total. The molecule has 0 spiro atoms. The smallest absolute Gasteiger partial charge is 0.132 e. The Kier molecular flexibility index (Phi) is 0.922. The normalized spacial score (nSPS) is 30.6. The Bertz CT molecular complexity index is 251. The highest BCUT2D eigenvalue weighted by Gasteiger charge is 2.43. The fourth-order valence-electron chi connectivity index (χ4n) is 1.02. The van der Waals surface area contributed by atoms with Gasteiger partial charge in [-0.1, -0.05) is 5.21 Å². The summed E-state index contributed by atoms with van der Waals surface area (Å²) >= 11 is 0. The minimum Gasteiger partial charge on any atom is -0.363 e. The van der Waals surface area contributed by atoms with E-state index in [1.165, 1.54) is 0 Å². The van der Waals surface area contributed by atoms with E-state index in [0.29, 0.717) is 0 Å². The van der Waals surface area contributed by atoms with Gasteiger partial charge in [0.2, 0.25) is 0 Å². The van der Waals surface area contributed by atoms with E-state index in [2.05, 4.69) is 10.3 Å². The van der Waals surface area contributed by atoms with Gasteiger partial charge in [-0.25, -0.2) is 4.68 Å². The molecule has 0 aliphatic carbocycles. The summed E-state index contributed by atoms with van der Waals surface area (Å²) in [7, 11) is 1.87. The fraction of sp³-hybridized carbons (Fsp3) is 0.667. The van der Waals surface area contributed by atoms with Gasteiger partial charge in [-0.3, -0.25) is 0 Å². The molecule has 1 atom stereocenters. The molecule has 0 bridgehead atoms. The van der Waals surface area contributed by atoms with E-state index in [1.54, 1.807) is 10.9 Å². The number of aryl methyl sites for hydroxylation is 1. The van der Waals surface area contributed by atoms with E-state index < -0.39 is 0 Å². The molecule has 54 valence electrons. The molecular weight excluding hydrogens is 130 g/mol. The number of hydrogen-bond acceptors (Lipinski definition) is 3. The van der Waals surface area contributed by atoms with E-state index in [4.69, 9.17) is 4.74 Å². The van der Waals surface area contributed by atoms with E-state index >= 15 is 0 Å². The molecule has 4 nitrogen and oxygen atoms in total. The van der Waals surface area contributed by atoms with Crippen molar-refractivity contribution in [2.75, 3.05) is 6.61 Å². The number of aromatic nitrogens is 3. The molecule has 2 rings (SSSR count). The lowest BCUT2D eigenvalue weighted by atomic mass is 10.1. The SMILES string of the molecule is Cn1nncc1C1(C)CO1. The zero-order valence-corrected chi connectivity index (χ0v) is 6.03. The van der Waals surface area contributed by atoms with Crippen molar-refractivity contribution in [3.8, 4) is 0 Å². The van der Waals surface area contributed by atoms with Crippen molar-refractivity contribution in [2.24, 2.45) is 7.05 Å². The quantitative estimate of drug-likeness (QED) is 0.517. The highest BCUT2D eigenvalue weighted by Crippen LogP contribution is 2.36. The van der Waals surface area contributed by atoms with Crippen LogP contribution in [0.25, 0.3) is 0 Å². The van der Waals surface area contributed by atoms with Crippen LogP contribution < -0.4 is 0 Å². The Morgan fingerprint density at radius 2 is 2.50 bits per heavy atom. The summed E-state index contributed by atoms with van der Waals surface area (Å²) < 4.78 is 6.96. The Morgan fingerprint density at radius 3 is 2.90 bits per heavy atom. The fourth-order valence-corrected chi connectivity index (χ4v) is 1.02. The third-order valence-electron chi connectivity index (χ3n) is 1.83. The lowest BCUT2D eigenvalue weighted by molar-refractivity contribution is 0.316. The first-order valence-electron chi connectivity index (χ1n) is 3.21. The van der Waals surface area contributed by atoms with E-state index in [-0.39, 0.29) is 5.60 Å². The highest BCUT2D eigenvalue weighted by atomic mass is 16.6. The third-order valence-corrected chi connectivity index (χ3v) is 1.83. The Balaban J connectivity index is 2.42. The Morgan fingerprint density at radius 1 is 1.80 bits per heavy atom. The Labute approximate surface area is 58.8 Å². The summed E-state index contributed by atoms with van der Waals surface area (Å²) in [5, 5.41) is 7.57. The first-order valence-corrected chi connectivity index (χ1v) is 3.21. The number of ether oxygens (including phenoxy) is 1. The molecule has 0 saturated carbocycles. The van der Waals surface area contributed by atoms with Crippen LogP contribution in [0.5, 0.6) is 0 Å². The average Bonchev–Trinajstić information content (AvgIpc) is 2.44. The molecule has 1 fully saturated rings. The summed E-state index contributed by atoms with van der Waals surface area (Å²) in [6.07, 6.45) is 1.74. The van der Waals surface area contributed by atoms with Crippen LogP contribution in [0.15, 0.2) is 6.20 Å². The van der Waals surface area contributed by atoms with Gasteiger partial charge in [-0.15, -0.1) is 5.10 Å². The minimum absolute atomic E-state index is 0.0990. The van der Waals surface area contributed by atoms with Gasteiger partial charge in [0, 0.05) is 7.05 Å². The predicted octanol–water partition coefficient (Wildman–Crippen LogP) is 0.0605. The van der Waals surface area contributed by atoms with Gasteiger partial charge in [0.05, 0.1) is 18.5 Å². The van der Waals surface area contributed by atoms with Crippen molar-refractivity contribution in [3.63, 3.8) is 0 Å². The van der Waals surface area contributed by atoms with Gasteiger partial charge < -0.3 is 4.74 Å². The first kappa shape index (κ1) is 5.85. The third kappa shape index (κ3) is 0.654. The molecule has 1 aliphatic heterocycles. The molecule has 1 aromatic rings. The molecule has 0 radical (unpaired) electrons. The van der Waals surface area contributed by atoms with Gasteiger partial charge in [-0.05, 0) is 6.92 Å². The van der Waals surface area contributed by atoms with Crippen LogP contribution in [0.4, 0.5) is 0 Å². The topological polar surface area (TPSA) is 43.2 Å². The standard InChI is InChI=1S/C6H9N3O/c1-6(4-10-6)5-3-7-8-9(5)2/h3H,4H2,1-2H3. The molecule has 0 amide bonds. The van der Waals surface area contributed by atoms with E-state index in [0.717, 1.165) is 12.3 Å². The second-order valence-corrected chi connectivity index (χ2v) is 2.76. The molecule has 1 aromatic heterocycles. The van der Waals surface area contributed by atoms with Gasteiger partial charge in [0.1, 0.15) is 5.60 Å². The van der Waals surface area contributed by atoms with Gasteiger partial charge in [-0.2, -0.15) is 0 Å². The van der Waals surface area contributed by atoms with Crippen LogP contribution in [0.1, 0.15) is 12.6 Å². The maximum absolute atomic E-state index is 5.22. The van der Waals surface area contributed by atoms with Crippen LogP contribution in [0.3, 0.4) is 0 Å². The lowest BCUT2D eigenvalue weighted by Crippen LogP contribution is -2.09. The van der Waals surface area contributed by atoms with Gasteiger partial charge in [0.25, 0.3) is 0 Å². The van der Waals surface area contributed by atoms with Crippen LogP contribution in [0, 0.1) is 0 Å². The second kappa shape index (κ2) is 1.58. The lowest BCUT2D eigenvalue weighted by Gasteiger charge is -2.01. The van der Waals surface area contributed by atoms with Crippen LogP contribution in [0.2, 0.25) is 0 Å². The summed E-state index contributed by atoms with van der Waals surface area (Å²) in [5.74, 6) is 0. The van der Waals surface area contributed by atoms with Crippen molar-refractivity contribution in [2.45, 2.75) is 12.5 Å². The monoisotopic (exact) mass is 139 g/mol. The molecular formula is C6H9N3O. The maximum atomic E-state index is 5.22. The van der Waals surface area contributed by atoms with Crippen LogP contribution in [-0.2, 0) is 17.4 Å². The van der Waals surface area contributed by atoms with Crippen molar-refractivity contribution < 1.29 is 4.74 Å². The van der Waals surface area contributed by atoms with E-state index in [1.807, 2.05) is 14.0 Å². The molecule has 1 aliphatic rings. The van der Waals surface area contributed by atoms with Crippen molar-refractivity contribution in [3.05, 3.63) is 11.9 Å². The summed E-state index contributed by atoms with van der Waals surface area (Å²) in [6.45, 7) is 2.82.